The number of hydrazine groups is 1. The molecule has 0 amide bonds. The molecule has 14 rings (SSSR count). The zero-order valence-electron chi connectivity index (χ0n) is 41.3. The van der Waals surface area contributed by atoms with Crippen LogP contribution < -0.4 is 10.3 Å². The molecular formula is C72H51N3. The van der Waals surface area contributed by atoms with Gasteiger partial charge in [0.05, 0.1) is 22.9 Å². The van der Waals surface area contributed by atoms with Crippen molar-refractivity contribution in [3.8, 4) is 33.4 Å². The van der Waals surface area contributed by atoms with Gasteiger partial charge in [-0.15, -0.1) is 0 Å². The number of hydrogen-bond acceptors (Lipinski definition) is 3. The normalized spacial score (nSPS) is 14.9. The topological polar surface area (TPSA) is 18.5 Å². The van der Waals surface area contributed by atoms with Crippen LogP contribution in [0.15, 0.2) is 291 Å². The van der Waals surface area contributed by atoms with Gasteiger partial charge in [0.15, 0.2) is 0 Å². The van der Waals surface area contributed by atoms with Gasteiger partial charge in [0.2, 0.25) is 0 Å². The van der Waals surface area contributed by atoms with Crippen LogP contribution in [-0.2, 0) is 5.41 Å². The molecule has 75 heavy (non-hydrogen) atoms. The Balaban J connectivity index is 1.05. The molecule has 11 aromatic carbocycles. The van der Waals surface area contributed by atoms with E-state index in [-0.39, 0.29) is 6.04 Å². The molecule has 2 heterocycles. The fourth-order valence-corrected chi connectivity index (χ4v) is 12.2. The van der Waals surface area contributed by atoms with Crippen molar-refractivity contribution in [2.75, 3.05) is 4.90 Å². The second kappa shape index (κ2) is 18.5. The highest BCUT2D eigenvalue weighted by Crippen LogP contribution is 2.58. The molecule has 0 radical (unpaired) electrons. The lowest BCUT2D eigenvalue weighted by atomic mass is 9.67. The quantitative estimate of drug-likeness (QED) is 0.147. The Labute approximate surface area is 439 Å². The molecule has 0 saturated heterocycles. The molecule has 0 aromatic heterocycles. The molecule has 2 aliphatic heterocycles. The molecule has 354 valence electrons. The van der Waals surface area contributed by atoms with Crippen molar-refractivity contribution in [2.45, 2.75) is 11.5 Å². The second-order valence-corrected chi connectivity index (χ2v) is 19.7. The Bertz CT molecular complexity index is 3850. The molecule has 0 spiro atoms. The first kappa shape index (κ1) is 44.2. The highest BCUT2D eigenvalue weighted by molar-refractivity contribution is 6.05. The summed E-state index contributed by atoms with van der Waals surface area (Å²) in [5, 5.41) is 2.34. The van der Waals surface area contributed by atoms with Crippen LogP contribution in [0.1, 0.15) is 56.1 Å². The smallest absolute Gasteiger partial charge is 0.0793 e. The molecule has 1 N–H and O–H groups in total. The summed E-state index contributed by atoms with van der Waals surface area (Å²) >= 11 is 0. The summed E-state index contributed by atoms with van der Waals surface area (Å²) in [6.07, 6.45) is 2.38. The van der Waals surface area contributed by atoms with E-state index < -0.39 is 5.41 Å². The van der Waals surface area contributed by atoms with Crippen molar-refractivity contribution in [1.82, 2.24) is 10.4 Å². The predicted molar refractivity (Wildman–Crippen MR) is 311 cm³/mol. The Morgan fingerprint density at radius 2 is 0.813 bits per heavy atom. The Kier molecular flexibility index (Phi) is 10.9. The lowest BCUT2D eigenvalue weighted by molar-refractivity contribution is 0.405. The highest BCUT2D eigenvalue weighted by Gasteiger charge is 2.46. The van der Waals surface area contributed by atoms with Crippen molar-refractivity contribution < 1.29 is 0 Å². The number of nitrogens with zero attached hydrogens (tertiary/aromatic N) is 2. The van der Waals surface area contributed by atoms with E-state index in [1.165, 1.54) is 55.6 Å². The van der Waals surface area contributed by atoms with Crippen LogP contribution in [0.2, 0.25) is 0 Å². The first-order valence-electron chi connectivity index (χ1n) is 25.9. The number of hydrogen-bond donors (Lipinski definition) is 1. The number of nitrogens with one attached hydrogen (secondary N) is 1. The van der Waals surface area contributed by atoms with Crippen LogP contribution in [0.3, 0.4) is 0 Å². The fraction of sp³-hybridized carbons (Fsp3) is 0.0278. The monoisotopic (exact) mass is 957 g/mol. The zero-order valence-corrected chi connectivity index (χ0v) is 41.3. The minimum atomic E-state index is -0.574. The first-order valence-corrected chi connectivity index (χ1v) is 25.9. The van der Waals surface area contributed by atoms with Crippen LogP contribution >= 0.6 is 0 Å². The van der Waals surface area contributed by atoms with Gasteiger partial charge in [-0.25, -0.2) is 5.43 Å². The van der Waals surface area contributed by atoms with E-state index in [0.717, 1.165) is 61.8 Å². The summed E-state index contributed by atoms with van der Waals surface area (Å²) in [5.74, 6) is 0. The maximum atomic E-state index is 4.03. The summed E-state index contributed by atoms with van der Waals surface area (Å²) in [7, 11) is 0. The van der Waals surface area contributed by atoms with Gasteiger partial charge in [0.25, 0.3) is 0 Å². The van der Waals surface area contributed by atoms with E-state index in [2.05, 4.69) is 313 Å². The van der Waals surface area contributed by atoms with Crippen LogP contribution in [-0.4, -0.2) is 5.01 Å². The maximum absolute atomic E-state index is 4.03. The van der Waals surface area contributed by atoms with Crippen LogP contribution in [0.25, 0.3) is 56.4 Å². The first-order chi connectivity index (χ1) is 37.2. The second-order valence-electron chi connectivity index (χ2n) is 19.7. The lowest BCUT2D eigenvalue weighted by Crippen LogP contribution is -2.33. The minimum absolute atomic E-state index is 0.0833. The molecule has 1 aliphatic carbocycles. The highest BCUT2D eigenvalue weighted by atomic mass is 15.6. The van der Waals surface area contributed by atoms with E-state index in [9.17, 15) is 0 Å². The van der Waals surface area contributed by atoms with E-state index >= 15 is 0 Å². The third kappa shape index (κ3) is 7.47. The van der Waals surface area contributed by atoms with E-state index in [1.54, 1.807) is 0 Å². The van der Waals surface area contributed by atoms with Gasteiger partial charge in [-0.3, -0.25) is 5.01 Å². The van der Waals surface area contributed by atoms with Gasteiger partial charge in [0, 0.05) is 28.2 Å². The minimum Gasteiger partial charge on any atom is -0.310 e. The third-order valence-electron chi connectivity index (χ3n) is 15.5. The van der Waals surface area contributed by atoms with E-state index in [4.69, 9.17) is 0 Å². The molecule has 3 heteroatoms. The Morgan fingerprint density at radius 3 is 1.40 bits per heavy atom. The molecular weight excluding hydrogens is 907 g/mol. The standard InChI is InChI=1S/C72H51N3/c1-8-24-50(25-9-1)55-44-56(51-26-10-2-11-27-51)46-62(45-55)74(61-41-43-65-64-38-22-23-39-66(64)72(67(65)49-61,58-34-18-6-19-35-58)59-36-20-7-21-37-59)60-40-42-63-57(47-60)48-68(52-28-12-3-13-29-52)75-71(63)69(53-30-14-4-15-31-53)70(73-75)54-32-16-5-17-33-54/h1-49,70,73H. The zero-order chi connectivity index (χ0) is 49.7. The third-order valence-corrected chi connectivity index (χ3v) is 15.5. The average molecular weight is 958 g/mol. The molecule has 0 bridgehead atoms. The van der Waals surface area contributed by atoms with E-state index in [1.807, 2.05) is 0 Å². The summed E-state index contributed by atoms with van der Waals surface area (Å²) in [4.78, 5) is 2.50. The summed E-state index contributed by atoms with van der Waals surface area (Å²) in [6, 6.07) is 107. The largest absolute Gasteiger partial charge is 0.310 e. The predicted octanol–water partition coefficient (Wildman–Crippen LogP) is 17.8. The Hall–Kier alpha value is -9.54. The fourth-order valence-electron chi connectivity index (χ4n) is 12.2. The van der Waals surface area contributed by atoms with Gasteiger partial charge in [-0.05, 0) is 126 Å². The summed E-state index contributed by atoms with van der Waals surface area (Å²) in [6.45, 7) is 0. The molecule has 0 saturated carbocycles. The van der Waals surface area contributed by atoms with Gasteiger partial charge in [0.1, 0.15) is 0 Å². The number of fused-ring (bicyclic) bond motifs is 6. The van der Waals surface area contributed by atoms with Crippen LogP contribution in [0.4, 0.5) is 17.1 Å². The molecule has 1 unspecified atom stereocenters. The van der Waals surface area contributed by atoms with E-state index in [0.29, 0.717) is 0 Å². The average Bonchev–Trinajstić information content (AvgIpc) is 4.04. The van der Waals surface area contributed by atoms with Gasteiger partial charge >= 0.3 is 0 Å². The van der Waals surface area contributed by atoms with Crippen molar-refractivity contribution in [2.24, 2.45) is 0 Å². The number of benzene rings is 11. The maximum Gasteiger partial charge on any atom is 0.0793 e. The molecule has 1 atom stereocenters. The van der Waals surface area contributed by atoms with Gasteiger partial charge in [-0.1, -0.05) is 249 Å². The van der Waals surface area contributed by atoms with Gasteiger partial charge in [-0.2, -0.15) is 0 Å². The summed E-state index contributed by atoms with van der Waals surface area (Å²) in [5.41, 5.74) is 28.1. The van der Waals surface area contributed by atoms with Crippen molar-refractivity contribution in [3.05, 3.63) is 341 Å². The summed E-state index contributed by atoms with van der Waals surface area (Å²) < 4.78 is 0. The Morgan fingerprint density at radius 1 is 0.347 bits per heavy atom. The molecule has 3 aliphatic rings. The van der Waals surface area contributed by atoms with Crippen LogP contribution in [0.5, 0.6) is 0 Å². The number of anilines is 3. The number of rotatable bonds is 10. The van der Waals surface area contributed by atoms with Crippen LogP contribution in [0, 0.1) is 0 Å². The lowest BCUT2D eigenvalue weighted by Gasteiger charge is -2.35. The molecule has 3 nitrogen and oxygen atoms in total. The molecule has 0 fully saturated rings. The SMILES string of the molecule is C1=C(c2ccccc2)N2NC(c3ccccc3)C(c3ccccc3)=C2c2ccc(N(c3cc(-c4ccccc4)cc(-c4ccccc4)c3)c3ccc4c(c3)C(c3ccccc3)(c3ccccc3)c3ccccc3-4)cc21. The van der Waals surface area contributed by atoms with Crippen molar-refractivity contribution in [1.29, 1.82) is 0 Å². The van der Waals surface area contributed by atoms with Gasteiger partial charge < -0.3 is 4.90 Å². The molecule has 11 aromatic rings. The van der Waals surface area contributed by atoms with Crippen molar-refractivity contribution in [3.63, 3.8) is 0 Å². The van der Waals surface area contributed by atoms with Crippen molar-refractivity contribution >= 4 is 40.1 Å².